The maximum atomic E-state index is 12.7. The van der Waals surface area contributed by atoms with Gasteiger partial charge in [0.2, 0.25) is 0 Å². The summed E-state index contributed by atoms with van der Waals surface area (Å²) in [7, 11) is 3.05. The standard InChI is InChI=1S/C15H24N2O3/c1-5-7-17(8-6-2)15(18)12-9-11(16)10-13(19-3)14(12)20-4/h9-10H,5-8,16H2,1-4H3. The molecule has 5 nitrogen and oxygen atoms in total. The molecule has 112 valence electrons. The van der Waals surface area contributed by atoms with E-state index in [0.717, 1.165) is 12.8 Å². The minimum absolute atomic E-state index is 0.0730. The number of nitrogens with two attached hydrogens (primary N) is 1. The third kappa shape index (κ3) is 3.56. The summed E-state index contributed by atoms with van der Waals surface area (Å²) < 4.78 is 10.6. The Balaban J connectivity index is 3.21. The van der Waals surface area contributed by atoms with E-state index < -0.39 is 0 Å². The molecule has 0 heterocycles. The quantitative estimate of drug-likeness (QED) is 0.780. The number of carbonyl (C=O) groups is 1. The van der Waals surface area contributed by atoms with Crippen molar-refractivity contribution >= 4 is 11.6 Å². The number of nitrogen functional groups attached to an aromatic ring is 1. The van der Waals surface area contributed by atoms with Crippen LogP contribution in [0.4, 0.5) is 5.69 Å². The molecule has 5 heteroatoms. The van der Waals surface area contributed by atoms with Crippen LogP contribution in [0.15, 0.2) is 12.1 Å². The number of carbonyl (C=O) groups excluding carboxylic acids is 1. The Morgan fingerprint density at radius 1 is 1.15 bits per heavy atom. The van der Waals surface area contributed by atoms with E-state index in [1.807, 2.05) is 18.7 Å². The lowest BCUT2D eigenvalue weighted by Crippen LogP contribution is -2.32. The normalized spacial score (nSPS) is 10.2. The van der Waals surface area contributed by atoms with E-state index in [9.17, 15) is 4.79 Å². The third-order valence-corrected chi connectivity index (χ3v) is 3.01. The lowest BCUT2D eigenvalue weighted by Gasteiger charge is -2.23. The van der Waals surface area contributed by atoms with Crippen molar-refractivity contribution in [3.63, 3.8) is 0 Å². The minimum Gasteiger partial charge on any atom is -0.493 e. The van der Waals surface area contributed by atoms with Gasteiger partial charge in [0, 0.05) is 24.8 Å². The van der Waals surface area contributed by atoms with Crippen LogP contribution in [0.25, 0.3) is 0 Å². The summed E-state index contributed by atoms with van der Waals surface area (Å²) in [5.41, 5.74) is 6.77. The van der Waals surface area contributed by atoms with Crippen molar-refractivity contribution in [2.45, 2.75) is 26.7 Å². The van der Waals surface area contributed by atoms with Gasteiger partial charge in [0.05, 0.1) is 19.8 Å². The average Bonchev–Trinajstić information content (AvgIpc) is 2.45. The second-order valence-corrected chi connectivity index (χ2v) is 4.60. The zero-order valence-corrected chi connectivity index (χ0v) is 12.7. The highest BCUT2D eigenvalue weighted by atomic mass is 16.5. The van der Waals surface area contributed by atoms with E-state index in [2.05, 4.69) is 0 Å². The molecule has 0 radical (unpaired) electrons. The Labute approximate surface area is 120 Å². The van der Waals surface area contributed by atoms with Crippen molar-refractivity contribution in [3.05, 3.63) is 17.7 Å². The van der Waals surface area contributed by atoms with E-state index in [1.54, 1.807) is 12.1 Å². The van der Waals surface area contributed by atoms with Crippen LogP contribution in [0.3, 0.4) is 0 Å². The summed E-state index contributed by atoms with van der Waals surface area (Å²) >= 11 is 0. The van der Waals surface area contributed by atoms with Crippen molar-refractivity contribution < 1.29 is 14.3 Å². The number of amides is 1. The predicted octanol–water partition coefficient (Wildman–Crippen LogP) is 2.55. The van der Waals surface area contributed by atoms with Gasteiger partial charge in [-0.3, -0.25) is 4.79 Å². The Morgan fingerprint density at radius 2 is 1.75 bits per heavy atom. The largest absolute Gasteiger partial charge is 0.493 e. The lowest BCUT2D eigenvalue weighted by molar-refractivity contribution is 0.0751. The van der Waals surface area contributed by atoms with Gasteiger partial charge in [-0.1, -0.05) is 13.8 Å². The third-order valence-electron chi connectivity index (χ3n) is 3.01. The highest BCUT2D eigenvalue weighted by molar-refractivity contribution is 5.99. The first-order valence-electron chi connectivity index (χ1n) is 6.89. The van der Waals surface area contributed by atoms with E-state index in [0.29, 0.717) is 35.8 Å². The number of rotatable bonds is 7. The number of hydrogen-bond donors (Lipinski definition) is 1. The number of hydrogen-bond acceptors (Lipinski definition) is 4. The van der Waals surface area contributed by atoms with Crippen LogP contribution in [-0.4, -0.2) is 38.1 Å². The number of methoxy groups -OCH3 is 2. The van der Waals surface area contributed by atoms with Crippen molar-refractivity contribution in [1.29, 1.82) is 0 Å². The Bertz CT molecular complexity index is 455. The van der Waals surface area contributed by atoms with Gasteiger partial charge in [0.25, 0.3) is 5.91 Å². The molecule has 0 spiro atoms. The Hall–Kier alpha value is -1.91. The molecular formula is C15H24N2O3. The van der Waals surface area contributed by atoms with Gasteiger partial charge < -0.3 is 20.1 Å². The van der Waals surface area contributed by atoms with Gasteiger partial charge in [-0.05, 0) is 18.9 Å². The van der Waals surface area contributed by atoms with Crippen molar-refractivity contribution in [3.8, 4) is 11.5 Å². The van der Waals surface area contributed by atoms with Crippen LogP contribution < -0.4 is 15.2 Å². The van der Waals surface area contributed by atoms with E-state index in [1.165, 1.54) is 14.2 Å². The van der Waals surface area contributed by atoms with Gasteiger partial charge in [-0.25, -0.2) is 0 Å². The van der Waals surface area contributed by atoms with E-state index in [-0.39, 0.29) is 5.91 Å². The minimum atomic E-state index is -0.0730. The van der Waals surface area contributed by atoms with Crippen molar-refractivity contribution in [2.75, 3.05) is 33.0 Å². The molecule has 0 aliphatic heterocycles. The smallest absolute Gasteiger partial charge is 0.257 e. The lowest BCUT2D eigenvalue weighted by atomic mass is 10.1. The number of benzene rings is 1. The molecule has 0 fully saturated rings. The molecule has 0 bridgehead atoms. The average molecular weight is 280 g/mol. The van der Waals surface area contributed by atoms with E-state index >= 15 is 0 Å². The topological polar surface area (TPSA) is 64.8 Å². The summed E-state index contributed by atoms with van der Waals surface area (Å²) in [5.74, 6) is 0.837. The van der Waals surface area contributed by atoms with Gasteiger partial charge >= 0.3 is 0 Å². The van der Waals surface area contributed by atoms with E-state index in [4.69, 9.17) is 15.2 Å². The van der Waals surface area contributed by atoms with Crippen LogP contribution in [0, 0.1) is 0 Å². The molecule has 0 aliphatic carbocycles. The highest BCUT2D eigenvalue weighted by Crippen LogP contribution is 2.34. The summed E-state index contributed by atoms with van der Waals surface area (Å²) in [6.45, 7) is 5.53. The fourth-order valence-electron chi connectivity index (χ4n) is 2.17. The molecule has 1 aromatic carbocycles. The molecule has 20 heavy (non-hydrogen) atoms. The number of ether oxygens (including phenoxy) is 2. The molecule has 1 aromatic rings. The maximum absolute atomic E-state index is 12.7. The summed E-state index contributed by atoms with van der Waals surface area (Å²) in [4.78, 5) is 14.5. The first-order chi connectivity index (χ1) is 9.58. The first kappa shape index (κ1) is 16.1. The van der Waals surface area contributed by atoms with Gasteiger partial charge in [0.15, 0.2) is 11.5 Å². The summed E-state index contributed by atoms with van der Waals surface area (Å²) in [5, 5.41) is 0. The van der Waals surface area contributed by atoms with Crippen LogP contribution in [0.2, 0.25) is 0 Å². The summed E-state index contributed by atoms with van der Waals surface area (Å²) in [6.07, 6.45) is 1.82. The molecule has 2 N–H and O–H groups in total. The molecular weight excluding hydrogens is 256 g/mol. The van der Waals surface area contributed by atoms with Gasteiger partial charge in [-0.15, -0.1) is 0 Å². The van der Waals surface area contributed by atoms with Crippen molar-refractivity contribution in [2.24, 2.45) is 0 Å². The van der Waals surface area contributed by atoms with Crippen LogP contribution >= 0.6 is 0 Å². The zero-order valence-electron chi connectivity index (χ0n) is 12.7. The zero-order chi connectivity index (χ0) is 15.1. The highest BCUT2D eigenvalue weighted by Gasteiger charge is 2.22. The van der Waals surface area contributed by atoms with Crippen LogP contribution in [0.1, 0.15) is 37.0 Å². The number of anilines is 1. The van der Waals surface area contributed by atoms with Crippen molar-refractivity contribution in [1.82, 2.24) is 4.90 Å². The van der Waals surface area contributed by atoms with Crippen LogP contribution in [0.5, 0.6) is 11.5 Å². The van der Waals surface area contributed by atoms with Crippen LogP contribution in [-0.2, 0) is 0 Å². The SMILES string of the molecule is CCCN(CCC)C(=O)c1cc(N)cc(OC)c1OC. The maximum Gasteiger partial charge on any atom is 0.257 e. The second-order valence-electron chi connectivity index (χ2n) is 4.60. The predicted molar refractivity (Wildman–Crippen MR) is 80.4 cm³/mol. The molecule has 1 rings (SSSR count). The first-order valence-corrected chi connectivity index (χ1v) is 6.89. The number of nitrogens with zero attached hydrogens (tertiary/aromatic N) is 1. The molecule has 0 aliphatic rings. The Kier molecular flexibility index (Phi) is 6.15. The fraction of sp³-hybridized carbons (Fsp3) is 0.533. The second kappa shape index (κ2) is 7.62. The molecule has 0 saturated heterocycles. The summed E-state index contributed by atoms with van der Waals surface area (Å²) in [6, 6.07) is 3.29. The fourth-order valence-corrected chi connectivity index (χ4v) is 2.17. The monoisotopic (exact) mass is 280 g/mol. The molecule has 0 aromatic heterocycles. The molecule has 0 atom stereocenters. The molecule has 1 amide bonds. The Morgan fingerprint density at radius 3 is 2.20 bits per heavy atom. The molecule has 0 saturated carbocycles. The van der Waals surface area contributed by atoms with Gasteiger partial charge in [0.1, 0.15) is 0 Å². The molecule has 0 unspecified atom stereocenters. The van der Waals surface area contributed by atoms with Gasteiger partial charge in [-0.2, -0.15) is 0 Å².